The van der Waals surface area contributed by atoms with Crippen molar-refractivity contribution >= 4 is 5.91 Å². The minimum absolute atomic E-state index is 0.110. The van der Waals surface area contributed by atoms with Crippen molar-refractivity contribution in [2.75, 3.05) is 13.1 Å². The van der Waals surface area contributed by atoms with Crippen molar-refractivity contribution in [1.82, 2.24) is 20.2 Å². The quantitative estimate of drug-likeness (QED) is 0.891. The summed E-state index contributed by atoms with van der Waals surface area (Å²) >= 11 is 0. The van der Waals surface area contributed by atoms with Crippen LogP contribution in [0.5, 0.6) is 0 Å². The topological polar surface area (TPSA) is 58.1 Å². The van der Waals surface area contributed by atoms with Gasteiger partial charge in [0.25, 0.3) is 0 Å². The Hall–Kier alpha value is -1.70. The number of carbonyl (C=O) groups is 1. The molecule has 2 atom stereocenters. The maximum atomic E-state index is 12.4. The number of aromatic nitrogens is 2. The lowest BCUT2D eigenvalue weighted by molar-refractivity contribution is -0.154. The van der Waals surface area contributed by atoms with Crippen LogP contribution in [-0.4, -0.2) is 46.1 Å². The Balaban J connectivity index is 2.01. The Bertz CT molecular complexity index is 577. The third kappa shape index (κ3) is 5.15. The van der Waals surface area contributed by atoms with Gasteiger partial charge in [-0.15, -0.1) is 0 Å². The van der Waals surface area contributed by atoms with E-state index in [1.807, 2.05) is 20.8 Å². The van der Waals surface area contributed by atoms with Gasteiger partial charge in [0.1, 0.15) is 6.42 Å². The van der Waals surface area contributed by atoms with Crippen LogP contribution in [0.1, 0.15) is 31.7 Å². The fourth-order valence-electron chi connectivity index (χ4n) is 3.11. The average Bonchev–Trinajstić information content (AvgIpc) is 2.82. The molecule has 1 saturated heterocycles. The Morgan fingerprint density at radius 1 is 1.33 bits per heavy atom. The normalized spacial score (nSPS) is 22.1. The van der Waals surface area contributed by atoms with Crippen LogP contribution in [0.25, 0.3) is 0 Å². The molecule has 8 heteroatoms. The summed E-state index contributed by atoms with van der Waals surface area (Å²) < 4.78 is 37.1. The van der Waals surface area contributed by atoms with E-state index in [1.165, 1.54) is 0 Å². The number of nitrogens with one attached hydrogen (secondary N) is 1. The number of nitrogens with zero attached hydrogens (tertiary/aromatic N) is 3. The first-order chi connectivity index (χ1) is 11.2. The summed E-state index contributed by atoms with van der Waals surface area (Å²) in [7, 11) is 0. The number of alkyl halides is 3. The molecule has 1 aliphatic heterocycles. The molecule has 2 heterocycles. The highest BCUT2D eigenvalue weighted by Crippen LogP contribution is 2.27. The molecule has 0 saturated carbocycles. The molecule has 2 unspecified atom stereocenters. The van der Waals surface area contributed by atoms with E-state index in [0.29, 0.717) is 19.6 Å². The minimum atomic E-state index is -4.48. The molecule has 134 valence electrons. The van der Waals surface area contributed by atoms with Gasteiger partial charge in [0.2, 0.25) is 5.91 Å². The monoisotopic (exact) mass is 344 g/mol. The van der Waals surface area contributed by atoms with Crippen molar-refractivity contribution in [3.8, 4) is 0 Å². The lowest BCUT2D eigenvalue weighted by atomic mass is 9.91. The fraction of sp³-hybridized carbons (Fsp3) is 0.688. The van der Waals surface area contributed by atoms with Crippen molar-refractivity contribution in [2.45, 2.75) is 46.0 Å². The van der Waals surface area contributed by atoms with Crippen molar-refractivity contribution in [1.29, 1.82) is 0 Å². The zero-order valence-corrected chi connectivity index (χ0v) is 14.1. The van der Waals surface area contributed by atoms with E-state index in [4.69, 9.17) is 0 Å². The molecule has 5 nitrogen and oxygen atoms in total. The third-order valence-corrected chi connectivity index (χ3v) is 4.36. The fourth-order valence-corrected chi connectivity index (χ4v) is 3.11. The predicted octanol–water partition coefficient (Wildman–Crippen LogP) is 2.31. The first-order valence-electron chi connectivity index (χ1n) is 8.00. The van der Waals surface area contributed by atoms with Crippen LogP contribution in [0.4, 0.5) is 13.2 Å². The molecule has 0 aliphatic carbocycles. The summed E-state index contributed by atoms with van der Waals surface area (Å²) in [6, 6.07) is -0.281. The Labute approximate surface area is 139 Å². The SMILES string of the molecule is Cc1nccnc1CN1CC(NC(=O)CC(F)(F)F)C(C(C)C)C1. The largest absolute Gasteiger partial charge is 0.397 e. The molecular formula is C16H23F3N4O. The molecule has 0 radical (unpaired) electrons. The van der Waals surface area contributed by atoms with E-state index in [1.54, 1.807) is 12.4 Å². The van der Waals surface area contributed by atoms with Crippen molar-refractivity contribution in [3.63, 3.8) is 0 Å². The molecule has 0 spiro atoms. The van der Waals surface area contributed by atoms with E-state index in [2.05, 4.69) is 20.2 Å². The smallest absolute Gasteiger partial charge is 0.351 e. The standard InChI is InChI=1S/C16H23F3N4O/c1-10(2)12-7-23(8-13-11(3)20-4-5-21-13)9-14(12)22-15(24)6-16(17,18)19/h4-5,10,12,14H,6-9H2,1-3H3,(H,22,24). The zero-order valence-electron chi connectivity index (χ0n) is 14.1. The van der Waals surface area contributed by atoms with E-state index < -0.39 is 18.5 Å². The van der Waals surface area contributed by atoms with E-state index in [-0.39, 0.29) is 17.9 Å². The minimum Gasteiger partial charge on any atom is -0.351 e. The second-order valence-corrected chi connectivity index (χ2v) is 6.66. The van der Waals surface area contributed by atoms with Crippen LogP contribution >= 0.6 is 0 Å². The van der Waals surface area contributed by atoms with Gasteiger partial charge in [-0.05, 0) is 18.8 Å². The van der Waals surface area contributed by atoms with Crippen molar-refractivity contribution in [3.05, 3.63) is 23.8 Å². The number of hydrogen-bond acceptors (Lipinski definition) is 4. The summed E-state index contributed by atoms with van der Waals surface area (Å²) in [5, 5.41) is 2.56. The van der Waals surface area contributed by atoms with Gasteiger partial charge in [-0.2, -0.15) is 13.2 Å². The van der Waals surface area contributed by atoms with Crippen molar-refractivity contribution in [2.24, 2.45) is 11.8 Å². The first kappa shape index (κ1) is 18.6. The number of hydrogen-bond donors (Lipinski definition) is 1. The van der Waals surface area contributed by atoms with Gasteiger partial charge < -0.3 is 5.32 Å². The van der Waals surface area contributed by atoms with Gasteiger partial charge in [-0.3, -0.25) is 19.7 Å². The average molecular weight is 344 g/mol. The summed E-state index contributed by atoms with van der Waals surface area (Å²) in [4.78, 5) is 22.2. The molecule has 0 aromatic carbocycles. The lowest BCUT2D eigenvalue weighted by Crippen LogP contribution is -2.43. The van der Waals surface area contributed by atoms with Gasteiger partial charge in [0.05, 0.1) is 11.4 Å². The maximum Gasteiger partial charge on any atom is 0.397 e. The van der Waals surface area contributed by atoms with Crippen LogP contribution in [0.2, 0.25) is 0 Å². The Morgan fingerprint density at radius 3 is 2.58 bits per heavy atom. The summed E-state index contributed by atoms with van der Waals surface area (Å²) in [6.45, 7) is 7.72. The van der Waals surface area contributed by atoms with Gasteiger partial charge in [-0.1, -0.05) is 13.8 Å². The van der Waals surface area contributed by atoms with Crippen LogP contribution in [0.15, 0.2) is 12.4 Å². The summed E-state index contributed by atoms with van der Waals surface area (Å²) in [6.07, 6.45) is -2.66. The van der Waals surface area contributed by atoms with E-state index in [9.17, 15) is 18.0 Å². The number of carbonyl (C=O) groups excluding carboxylic acids is 1. The molecule has 0 bridgehead atoms. The van der Waals surface area contributed by atoms with Crippen LogP contribution in [-0.2, 0) is 11.3 Å². The molecule has 1 fully saturated rings. The predicted molar refractivity (Wildman–Crippen MR) is 83.0 cm³/mol. The number of aryl methyl sites for hydroxylation is 1. The Morgan fingerprint density at radius 2 is 2.00 bits per heavy atom. The molecule has 1 amide bonds. The third-order valence-electron chi connectivity index (χ3n) is 4.36. The number of halogens is 3. The molecule has 24 heavy (non-hydrogen) atoms. The maximum absolute atomic E-state index is 12.4. The molecule has 1 N–H and O–H groups in total. The number of likely N-dealkylation sites (tertiary alicyclic amines) is 1. The van der Waals surface area contributed by atoms with E-state index >= 15 is 0 Å². The lowest BCUT2D eigenvalue weighted by Gasteiger charge is -2.23. The zero-order chi connectivity index (χ0) is 17.9. The number of amides is 1. The molecule has 1 aliphatic rings. The summed E-state index contributed by atoms with van der Waals surface area (Å²) in [5.74, 6) is -0.594. The summed E-state index contributed by atoms with van der Waals surface area (Å²) in [5.41, 5.74) is 1.69. The van der Waals surface area contributed by atoms with Crippen LogP contribution in [0, 0.1) is 18.8 Å². The van der Waals surface area contributed by atoms with Gasteiger partial charge in [0, 0.05) is 38.1 Å². The molecule has 2 rings (SSSR count). The second kappa shape index (κ2) is 7.46. The molecule has 1 aromatic heterocycles. The van der Waals surface area contributed by atoms with Gasteiger partial charge in [-0.25, -0.2) is 0 Å². The van der Waals surface area contributed by atoms with Crippen LogP contribution < -0.4 is 5.32 Å². The highest BCUT2D eigenvalue weighted by atomic mass is 19.4. The van der Waals surface area contributed by atoms with Crippen molar-refractivity contribution < 1.29 is 18.0 Å². The van der Waals surface area contributed by atoms with E-state index in [0.717, 1.165) is 11.4 Å². The number of rotatable bonds is 5. The molecular weight excluding hydrogens is 321 g/mol. The molecule has 1 aromatic rings. The highest BCUT2D eigenvalue weighted by molar-refractivity contribution is 5.77. The highest BCUT2D eigenvalue weighted by Gasteiger charge is 2.38. The Kier molecular flexibility index (Phi) is 5.79. The van der Waals surface area contributed by atoms with Gasteiger partial charge in [0.15, 0.2) is 0 Å². The van der Waals surface area contributed by atoms with Gasteiger partial charge >= 0.3 is 6.18 Å². The van der Waals surface area contributed by atoms with Crippen LogP contribution in [0.3, 0.4) is 0 Å². The first-order valence-corrected chi connectivity index (χ1v) is 8.00. The second-order valence-electron chi connectivity index (χ2n) is 6.66.